The third-order valence-corrected chi connectivity index (χ3v) is 9.53. The van der Waals surface area contributed by atoms with Crippen molar-refractivity contribution in [2.75, 3.05) is 0 Å². The monoisotopic (exact) mass is 618 g/mol. The van der Waals surface area contributed by atoms with E-state index >= 15 is 0 Å². The van der Waals surface area contributed by atoms with E-state index in [4.69, 9.17) is 9.97 Å². The van der Waals surface area contributed by atoms with E-state index in [1.54, 1.807) is 0 Å². The Morgan fingerprint density at radius 2 is 1.17 bits per heavy atom. The first-order valence-corrected chi connectivity index (χ1v) is 16.8. The van der Waals surface area contributed by atoms with Gasteiger partial charge in [-0.2, -0.15) is 0 Å². The summed E-state index contributed by atoms with van der Waals surface area (Å²) in [7, 11) is 0. The molecule has 0 unspecified atom stereocenters. The van der Waals surface area contributed by atoms with Crippen LogP contribution in [0.1, 0.15) is 25.3 Å². The van der Waals surface area contributed by atoms with Crippen LogP contribution in [-0.2, 0) is 6.42 Å². The van der Waals surface area contributed by atoms with E-state index in [0.29, 0.717) is 5.82 Å². The van der Waals surface area contributed by atoms with E-state index in [1.807, 2.05) is 24.3 Å². The predicted molar refractivity (Wildman–Crippen MR) is 200 cm³/mol. The number of para-hydroxylation sites is 2. The zero-order valence-corrected chi connectivity index (χ0v) is 26.8. The number of aromatic nitrogens is 4. The Morgan fingerprint density at radius 1 is 0.521 bits per heavy atom. The molecule has 0 radical (unpaired) electrons. The Balaban J connectivity index is 1.37. The molecule has 0 aliphatic rings. The standard InChI is InChI=1S/C44H34N4/c1-2-3-14-30-23-25-33(26-24-30)47-38-21-12-10-19-34(38)35-27-28-40-42(43(35)47)36-20-11-13-22-39(36)48(40)41-29-37(31-15-6-4-7-16-31)45-44(46-41)32-17-8-5-9-18-32/h4-13,15-29H,2-3,14H2,1H3. The van der Waals surface area contributed by atoms with Crippen LogP contribution < -0.4 is 0 Å². The molecule has 0 fully saturated rings. The minimum atomic E-state index is 0.705. The van der Waals surface area contributed by atoms with Crippen molar-refractivity contribution in [2.45, 2.75) is 26.2 Å². The van der Waals surface area contributed by atoms with Crippen molar-refractivity contribution in [1.82, 2.24) is 19.1 Å². The highest BCUT2D eigenvalue weighted by atomic mass is 15.1. The lowest BCUT2D eigenvalue weighted by Crippen LogP contribution is -2.02. The van der Waals surface area contributed by atoms with Crippen LogP contribution in [0.15, 0.2) is 152 Å². The molecule has 0 aliphatic heterocycles. The van der Waals surface area contributed by atoms with Gasteiger partial charge in [0.1, 0.15) is 5.82 Å². The summed E-state index contributed by atoms with van der Waals surface area (Å²) in [5.74, 6) is 1.55. The molecule has 0 saturated heterocycles. The molecule has 0 atom stereocenters. The summed E-state index contributed by atoms with van der Waals surface area (Å²) < 4.78 is 4.78. The van der Waals surface area contributed by atoms with E-state index in [0.717, 1.165) is 40.1 Å². The second-order valence-corrected chi connectivity index (χ2v) is 12.5. The van der Waals surface area contributed by atoms with Crippen molar-refractivity contribution in [3.05, 3.63) is 157 Å². The van der Waals surface area contributed by atoms with E-state index in [-0.39, 0.29) is 0 Å². The number of rotatable bonds is 7. The zero-order valence-electron chi connectivity index (χ0n) is 26.8. The van der Waals surface area contributed by atoms with Crippen LogP contribution in [0.25, 0.3) is 77.8 Å². The fourth-order valence-electron chi connectivity index (χ4n) is 7.24. The van der Waals surface area contributed by atoms with Crippen molar-refractivity contribution in [3.8, 4) is 34.2 Å². The summed E-state index contributed by atoms with van der Waals surface area (Å²) in [6.45, 7) is 2.25. The average molecular weight is 619 g/mol. The number of hydrogen-bond acceptors (Lipinski definition) is 2. The van der Waals surface area contributed by atoms with Crippen LogP contribution in [0, 0.1) is 0 Å². The van der Waals surface area contributed by atoms with Crippen molar-refractivity contribution in [1.29, 1.82) is 0 Å². The van der Waals surface area contributed by atoms with Crippen LogP contribution in [0.5, 0.6) is 0 Å². The van der Waals surface area contributed by atoms with Crippen LogP contribution in [0.4, 0.5) is 0 Å². The highest BCUT2D eigenvalue weighted by Gasteiger charge is 2.22. The van der Waals surface area contributed by atoms with Crippen molar-refractivity contribution >= 4 is 43.6 Å². The zero-order chi connectivity index (χ0) is 32.0. The van der Waals surface area contributed by atoms with Gasteiger partial charge in [0.2, 0.25) is 0 Å². The summed E-state index contributed by atoms with van der Waals surface area (Å²) >= 11 is 0. The number of fused-ring (bicyclic) bond motifs is 7. The molecule has 3 aromatic heterocycles. The van der Waals surface area contributed by atoms with Crippen molar-refractivity contribution < 1.29 is 0 Å². The quantitative estimate of drug-likeness (QED) is 0.178. The Hall–Kier alpha value is -6.00. The first-order valence-electron chi connectivity index (χ1n) is 16.8. The van der Waals surface area contributed by atoms with Gasteiger partial charge in [-0.05, 0) is 48.7 Å². The third-order valence-electron chi connectivity index (χ3n) is 9.53. The van der Waals surface area contributed by atoms with Crippen LogP contribution >= 0.6 is 0 Å². The van der Waals surface area contributed by atoms with Gasteiger partial charge in [0.15, 0.2) is 5.82 Å². The molecule has 0 spiro atoms. The minimum Gasteiger partial charge on any atom is -0.309 e. The number of hydrogen-bond donors (Lipinski definition) is 0. The summed E-state index contributed by atoms with van der Waals surface area (Å²) in [5.41, 5.74) is 10.1. The topological polar surface area (TPSA) is 35.6 Å². The second kappa shape index (κ2) is 11.7. The normalized spacial score (nSPS) is 11.7. The third kappa shape index (κ3) is 4.60. The Morgan fingerprint density at radius 3 is 1.90 bits per heavy atom. The molecule has 9 aromatic rings. The maximum atomic E-state index is 5.25. The maximum Gasteiger partial charge on any atom is 0.162 e. The molecule has 4 nitrogen and oxygen atoms in total. The van der Waals surface area contributed by atoms with Gasteiger partial charge in [0.25, 0.3) is 0 Å². The number of nitrogens with zero attached hydrogens (tertiary/aromatic N) is 4. The van der Waals surface area contributed by atoms with Gasteiger partial charge in [-0.1, -0.05) is 129 Å². The average Bonchev–Trinajstić information content (AvgIpc) is 3.68. The Bertz CT molecular complexity index is 2520. The fourth-order valence-corrected chi connectivity index (χ4v) is 7.24. The van der Waals surface area contributed by atoms with Gasteiger partial charge in [0.05, 0.1) is 27.8 Å². The molecule has 0 N–H and O–H groups in total. The smallest absolute Gasteiger partial charge is 0.162 e. The lowest BCUT2D eigenvalue weighted by molar-refractivity contribution is 0.795. The van der Waals surface area contributed by atoms with Gasteiger partial charge in [-0.15, -0.1) is 0 Å². The molecule has 48 heavy (non-hydrogen) atoms. The Kier molecular flexibility index (Phi) is 6.86. The molecule has 9 rings (SSSR count). The first-order chi connectivity index (χ1) is 23.8. The molecular weight excluding hydrogens is 585 g/mol. The van der Waals surface area contributed by atoms with Gasteiger partial charge in [-0.3, -0.25) is 4.57 Å². The summed E-state index contributed by atoms with van der Waals surface area (Å²) in [4.78, 5) is 10.3. The van der Waals surface area contributed by atoms with Gasteiger partial charge in [-0.25, -0.2) is 9.97 Å². The molecule has 0 amide bonds. The summed E-state index contributed by atoms with van der Waals surface area (Å²) in [6.07, 6.45) is 3.51. The maximum absolute atomic E-state index is 5.25. The van der Waals surface area contributed by atoms with E-state index in [9.17, 15) is 0 Å². The van der Waals surface area contributed by atoms with E-state index in [2.05, 4.69) is 143 Å². The Labute approximate surface area is 279 Å². The number of aryl methyl sites for hydroxylation is 1. The molecule has 3 heterocycles. The van der Waals surface area contributed by atoms with E-state index in [1.165, 1.54) is 56.7 Å². The molecular formula is C44H34N4. The molecule has 0 aliphatic carbocycles. The highest BCUT2D eigenvalue weighted by molar-refractivity contribution is 6.26. The SMILES string of the molecule is CCCCc1ccc(-n2c3ccccc3c3ccc4c(c5ccccc5n4-c4cc(-c5ccccc5)nc(-c5ccccc5)n4)c32)cc1. The number of unbranched alkanes of at least 4 members (excludes halogenated alkanes) is 1. The van der Waals surface area contributed by atoms with Crippen LogP contribution in [-0.4, -0.2) is 19.1 Å². The number of benzene rings is 6. The van der Waals surface area contributed by atoms with Crippen molar-refractivity contribution in [2.24, 2.45) is 0 Å². The molecule has 0 saturated carbocycles. The largest absolute Gasteiger partial charge is 0.309 e. The lowest BCUT2D eigenvalue weighted by Gasteiger charge is -2.12. The molecule has 6 aromatic carbocycles. The van der Waals surface area contributed by atoms with Crippen LogP contribution in [0.3, 0.4) is 0 Å². The van der Waals surface area contributed by atoms with Crippen molar-refractivity contribution in [3.63, 3.8) is 0 Å². The fraction of sp³-hybridized carbons (Fsp3) is 0.0909. The van der Waals surface area contributed by atoms with Gasteiger partial charge < -0.3 is 4.57 Å². The molecule has 0 bridgehead atoms. The van der Waals surface area contributed by atoms with E-state index < -0.39 is 0 Å². The minimum absolute atomic E-state index is 0.705. The van der Waals surface area contributed by atoms with Gasteiger partial charge in [0, 0.05) is 44.4 Å². The lowest BCUT2D eigenvalue weighted by atomic mass is 10.1. The molecule has 4 heteroatoms. The second-order valence-electron chi connectivity index (χ2n) is 12.5. The summed E-state index contributed by atoms with van der Waals surface area (Å²) in [5, 5.41) is 4.91. The van der Waals surface area contributed by atoms with Gasteiger partial charge >= 0.3 is 0 Å². The predicted octanol–water partition coefficient (Wildman–Crippen LogP) is 11.3. The summed E-state index contributed by atoms with van der Waals surface area (Å²) in [6, 6.07) is 54.0. The highest BCUT2D eigenvalue weighted by Crippen LogP contribution is 2.42. The van der Waals surface area contributed by atoms with Crippen LogP contribution in [0.2, 0.25) is 0 Å². The first kappa shape index (κ1) is 28.2. The molecule has 230 valence electrons.